The lowest BCUT2D eigenvalue weighted by Gasteiger charge is -2.11. The van der Waals surface area contributed by atoms with E-state index in [1.807, 2.05) is 19.9 Å². The summed E-state index contributed by atoms with van der Waals surface area (Å²) in [6, 6.07) is 1.57. The summed E-state index contributed by atoms with van der Waals surface area (Å²) >= 11 is 0. The van der Waals surface area contributed by atoms with Crippen molar-refractivity contribution in [3.63, 3.8) is 0 Å². The van der Waals surface area contributed by atoms with Crippen molar-refractivity contribution in [1.82, 2.24) is 30.0 Å². The summed E-state index contributed by atoms with van der Waals surface area (Å²) in [7, 11) is 0. The molecule has 0 aliphatic heterocycles. The highest BCUT2D eigenvalue weighted by Gasteiger charge is 2.20. The molecule has 102 valence electrons. The van der Waals surface area contributed by atoms with Crippen LogP contribution in [0.25, 0.3) is 11.5 Å². The molecule has 0 saturated heterocycles. The Kier molecular flexibility index (Phi) is 3.59. The zero-order valence-electron chi connectivity index (χ0n) is 11.1. The summed E-state index contributed by atoms with van der Waals surface area (Å²) in [4.78, 5) is 10.8. The van der Waals surface area contributed by atoms with Crippen LogP contribution in [0.15, 0.2) is 6.07 Å². The third kappa shape index (κ3) is 2.61. The van der Waals surface area contributed by atoms with Crippen molar-refractivity contribution in [2.45, 2.75) is 39.8 Å². The summed E-state index contributed by atoms with van der Waals surface area (Å²) < 4.78 is 3.32. The lowest BCUT2D eigenvalue weighted by Crippen LogP contribution is -2.14. The first-order chi connectivity index (χ1) is 9.02. The molecule has 2 heterocycles. The second-order valence-electron chi connectivity index (χ2n) is 4.38. The molecule has 2 aromatic heterocycles. The van der Waals surface area contributed by atoms with Gasteiger partial charge in [-0.2, -0.15) is 5.10 Å². The largest absolute Gasteiger partial charge is 0.481 e. The number of aryl methyl sites for hydroxylation is 2. The highest BCUT2D eigenvalue weighted by molar-refractivity contribution is 5.67. The fourth-order valence-electron chi connectivity index (χ4n) is 1.96. The monoisotopic (exact) mass is 264 g/mol. The molecule has 1 N–H and O–H groups in total. The van der Waals surface area contributed by atoms with E-state index in [9.17, 15) is 4.79 Å². The highest BCUT2D eigenvalue weighted by atomic mass is 16.4. The third-order valence-corrected chi connectivity index (χ3v) is 2.81. The minimum atomic E-state index is -0.880. The van der Waals surface area contributed by atoms with Gasteiger partial charge in [0.15, 0.2) is 0 Å². The van der Waals surface area contributed by atoms with Gasteiger partial charge in [-0.15, -0.1) is 5.10 Å². The Bertz CT molecular complexity index is 588. The van der Waals surface area contributed by atoms with Crippen LogP contribution in [0.3, 0.4) is 0 Å². The average Bonchev–Trinajstić information content (AvgIpc) is 2.93. The fourth-order valence-corrected chi connectivity index (χ4v) is 1.96. The van der Waals surface area contributed by atoms with Crippen LogP contribution in [-0.2, 0) is 11.3 Å². The molecule has 0 spiro atoms. The zero-order chi connectivity index (χ0) is 14.0. The minimum Gasteiger partial charge on any atom is -0.481 e. The Morgan fingerprint density at radius 2 is 2.26 bits per heavy atom. The first-order valence-electron chi connectivity index (χ1n) is 6.07. The smallest absolute Gasteiger partial charge is 0.305 e. The molecule has 0 radical (unpaired) electrons. The van der Waals surface area contributed by atoms with Crippen LogP contribution in [0.4, 0.5) is 0 Å². The number of tetrazole rings is 1. The van der Waals surface area contributed by atoms with Crippen LogP contribution in [0.2, 0.25) is 0 Å². The maximum Gasteiger partial charge on any atom is 0.305 e. The molecule has 1 atom stereocenters. The predicted octanol–water partition coefficient (Wildman–Crippen LogP) is 0.901. The van der Waals surface area contributed by atoms with Gasteiger partial charge in [0.05, 0.1) is 18.2 Å². The molecule has 8 heteroatoms. The number of carboxylic acid groups (broad SMARTS) is 1. The van der Waals surface area contributed by atoms with E-state index in [4.69, 9.17) is 5.11 Å². The van der Waals surface area contributed by atoms with Gasteiger partial charge >= 0.3 is 5.97 Å². The van der Waals surface area contributed by atoms with Gasteiger partial charge in [0, 0.05) is 6.54 Å². The maximum absolute atomic E-state index is 10.8. The number of rotatable bonds is 5. The number of carbonyl (C=O) groups is 1. The van der Waals surface area contributed by atoms with E-state index < -0.39 is 5.97 Å². The van der Waals surface area contributed by atoms with Crippen molar-refractivity contribution < 1.29 is 9.90 Å². The molecule has 0 bridgehead atoms. The normalized spacial score (nSPS) is 12.6. The van der Waals surface area contributed by atoms with Gasteiger partial charge < -0.3 is 5.11 Å². The molecule has 2 rings (SSSR count). The van der Waals surface area contributed by atoms with Crippen molar-refractivity contribution >= 4 is 5.97 Å². The number of hydrogen-bond acceptors (Lipinski definition) is 5. The molecule has 1 unspecified atom stereocenters. The van der Waals surface area contributed by atoms with E-state index in [2.05, 4.69) is 20.6 Å². The minimum absolute atomic E-state index is 0.0305. The van der Waals surface area contributed by atoms with Crippen molar-refractivity contribution in [3.05, 3.63) is 11.8 Å². The van der Waals surface area contributed by atoms with Crippen LogP contribution >= 0.6 is 0 Å². The zero-order valence-corrected chi connectivity index (χ0v) is 11.1. The van der Waals surface area contributed by atoms with Gasteiger partial charge in [-0.05, 0) is 37.3 Å². The molecule has 19 heavy (non-hydrogen) atoms. The molecule has 0 aliphatic carbocycles. The number of hydrogen-bond donors (Lipinski definition) is 1. The van der Waals surface area contributed by atoms with Crippen molar-refractivity contribution in [2.24, 2.45) is 0 Å². The number of aliphatic carboxylic acids is 1. The first kappa shape index (κ1) is 13.2. The van der Waals surface area contributed by atoms with E-state index in [1.54, 1.807) is 11.6 Å². The van der Waals surface area contributed by atoms with Crippen LogP contribution in [-0.4, -0.2) is 41.1 Å². The molecular formula is C11H16N6O2. The lowest BCUT2D eigenvalue weighted by atomic mass is 10.2. The Morgan fingerprint density at radius 3 is 2.89 bits per heavy atom. The SMILES string of the molecule is CCn1nc(C)cc1-c1nnnn1C(C)CC(=O)O. The molecule has 0 saturated carbocycles. The average molecular weight is 264 g/mol. The highest BCUT2D eigenvalue weighted by Crippen LogP contribution is 2.21. The number of nitrogens with zero attached hydrogens (tertiary/aromatic N) is 6. The maximum atomic E-state index is 10.8. The fraction of sp³-hybridized carbons (Fsp3) is 0.545. The summed E-state index contributed by atoms with van der Waals surface area (Å²) in [5.41, 5.74) is 1.67. The lowest BCUT2D eigenvalue weighted by molar-refractivity contribution is -0.137. The Morgan fingerprint density at radius 1 is 1.53 bits per heavy atom. The quantitative estimate of drug-likeness (QED) is 0.861. The molecule has 0 amide bonds. The van der Waals surface area contributed by atoms with E-state index in [0.717, 1.165) is 11.4 Å². The Balaban J connectivity index is 2.40. The van der Waals surface area contributed by atoms with Gasteiger partial charge in [0.1, 0.15) is 5.69 Å². The topological polar surface area (TPSA) is 98.7 Å². The van der Waals surface area contributed by atoms with Crippen LogP contribution in [0.1, 0.15) is 32.0 Å². The molecule has 0 fully saturated rings. The molecule has 0 aromatic carbocycles. The summed E-state index contributed by atoms with van der Waals surface area (Å²) in [5, 5.41) is 24.7. The molecule has 8 nitrogen and oxygen atoms in total. The van der Waals surface area contributed by atoms with Crippen LogP contribution in [0, 0.1) is 6.92 Å². The predicted molar refractivity (Wildman–Crippen MR) is 66.4 cm³/mol. The van der Waals surface area contributed by atoms with Crippen molar-refractivity contribution in [1.29, 1.82) is 0 Å². The van der Waals surface area contributed by atoms with Gasteiger partial charge in [0.25, 0.3) is 0 Å². The van der Waals surface area contributed by atoms with Gasteiger partial charge in [-0.1, -0.05) is 0 Å². The molecule has 0 aliphatic rings. The van der Waals surface area contributed by atoms with Gasteiger partial charge in [-0.25, -0.2) is 4.68 Å². The van der Waals surface area contributed by atoms with Crippen LogP contribution in [0.5, 0.6) is 0 Å². The van der Waals surface area contributed by atoms with E-state index in [1.165, 1.54) is 4.68 Å². The van der Waals surface area contributed by atoms with E-state index in [-0.39, 0.29) is 12.5 Å². The second-order valence-corrected chi connectivity index (χ2v) is 4.38. The third-order valence-electron chi connectivity index (χ3n) is 2.81. The Labute approximate surface area is 110 Å². The summed E-state index contributed by atoms with van der Waals surface area (Å²) in [6.07, 6.45) is -0.0305. The molecular weight excluding hydrogens is 248 g/mol. The van der Waals surface area contributed by atoms with E-state index in [0.29, 0.717) is 12.4 Å². The first-order valence-corrected chi connectivity index (χ1v) is 6.07. The second kappa shape index (κ2) is 5.17. The number of aromatic nitrogens is 6. The summed E-state index contributed by atoms with van der Waals surface area (Å²) in [5.74, 6) is -0.342. The van der Waals surface area contributed by atoms with E-state index >= 15 is 0 Å². The van der Waals surface area contributed by atoms with Crippen molar-refractivity contribution in [3.8, 4) is 11.5 Å². The number of carboxylic acids is 1. The molecule has 2 aromatic rings. The van der Waals surface area contributed by atoms with Crippen LogP contribution < -0.4 is 0 Å². The van der Waals surface area contributed by atoms with Crippen molar-refractivity contribution in [2.75, 3.05) is 0 Å². The summed E-state index contributed by atoms with van der Waals surface area (Å²) in [6.45, 7) is 6.34. The standard InChI is InChI=1S/C11H16N6O2/c1-4-16-9(5-7(2)13-16)11-12-14-15-17(11)8(3)6-10(18)19/h5,8H,4,6H2,1-3H3,(H,18,19). The Hall–Kier alpha value is -2.25. The van der Waals surface area contributed by atoms with Gasteiger partial charge in [0.2, 0.25) is 5.82 Å². The van der Waals surface area contributed by atoms with Gasteiger partial charge in [-0.3, -0.25) is 9.48 Å².